The summed E-state index contributed by atoms with van der Waals surface area (Å²) < 4.78 is 4.80. The van der Waals surface area contributed by atoms with Gasteiger partial charge < -0.3 is 20.5 Å². The lowest BCUT2D eigenvalue weighted by molar-refractivity contribution is -0.142. The quantitative estimate of drug-likeness (QED) is 0.567. The van der Waals surface area contributed by atoms with E-state index in [0.717, 1.165) is 25.7 Å². The molecule has 7 heteroatoms. The SMILES string of the molecule is COCCC(NC(=O)CCNC(=O)C1CCCC1)C(=O)O. The molecule has 1 rings (SSSR count). The van der Waals surface area contributed by atoms with Gasteiger partial charge in [-0.3, -0.25) is 9.59 Å². The molecular weight excluding hydrogens is 276 g/mol. The summed E-state index contributed by atoms with van der Waals surface area (Å²) in [7, 11) is 1.47. The van der Waals surface area contributed by atoms with Crippen LogP contribution >= 0.6 is 0 Å². The van der Waals surface area contributed by atoms with Gasteiger partial charge in [-0.15, -0.1) is 0 Å². The highest BCUT2D eigenvalue weighted by atomic mass is 16.5. The molecule has 0 aromatic carbocycles. The summed E-state index contributed by atoms with van der Waals surface area (Å²) in [6.45, 7) is 0.493. The van der Waals surface area contributed by atoms with Crippen LogP contribution in [0.1, 0.15) is 38.5 Å². The Hall–Kier alpha value is -1.63. The lowest BCUT2D eigenvalue weighted by atomic mass is 10.1. The molecule has 0 aromatic rings. The monoisotopic (exact) mass is 300 g/mol. The first kappa shape index (κ1) is 17.4. The average Bonchev–Trinajstić information content (AvgIpc) is 2.97. The smallest absolute Gasteiger partial charge is 0.326 e. The predicted octanol–water partition coefficient (Wildman–Crippen LogP) is 0.289. The minimum absolute atomic E-state index is 0.00512. The normalized spacial score (nSPS) is 16.4. The molecular formula is C14H24N2O5. The zero-order valence-corrected chi connectivity index (χ0v) is 12.4. The van der Waals surface area contributed by atoms with Gasteiger partial charge in [-0.05, 0) is 12.8 Å². The van der Waals surface area contributed by atoms with Gasteiger partial charge in [-0.2, -0.15) is 0 Å². The zero-order valence-electron chi connectivity index (χ0n) is 12.4. The number of rotatable bonds is 9. The third-order valence-electron chi connectivity index (χ3n) is 3.62. The van der Waals surface area contributed by atoms with Crippen molar-refractivity contribution in [2.24, 2.45) is 5.92 Å². The lowest BCUT2D eigenvalue weighted by Crippen LogP contribution is -2.42. The van der Waals surface area contributed by atoms with Crippen LogP contribution in [0.4, 0.5) is 0 Å². The number of aliphatic carboxylic acids is 1. The molecule has 0 aromatic heterocycles. The summed E-state index contributed by atoms with van der Waals surface area (Å²) >= 11 is 0. The molecule has 1 aliphatic carbocycles. The molecule has 3 N–H and O–H groups in total. The number of methoxy groups -OCH3 is 1. The molecule has 2 amide bonds. The number of nitrogens with one attached hydrogen (secondary N) is 2. The molecule has 0 spiro atoms. The van der Waals surface area contributed by atoms with Crippen molar-refractivity contribution in [3.8, 4) is 0 Å². The van der Waals surface area contributed by atoms with Crippen LogP contribution in [0.3, 0.4) is 0 Å². The summed E-state index contributed by atoms with van der Waals surface area (Å²) in [6, 6.07) is -0.956. The second-order valence-corrected chi connectivity index (χ2v) is 5.26. The molecule has 0 heterocycles. The van der Waals surface area contributed by atoms with Crippen molar-refractivity contribution in [3.63, 3.8) is 0 Å². The fourth-order valence-corrected chi connectivity index (χ4v) is 2.39. The molecule has 7 nitrogen and oxygen atoms in total. The van der Waals surface area contributed by atoms with Crippen molar-refractivity contribution < 1.29 is 24.2 Å². The first-order valence-electron chi connectivity index (χ1n) is 7.33. The van der Waals surface area contributed by atoms with E-state index >= 15 is 0 Å². The van der Waals surface area contributed by atoms with Crippen LogP contribution in [-0.2, 0) is 19.1 Å². The van der Waals surface area contributed by atoms with E-state index in [9.17, 15) is 14.4 Å². The molecule has 0 saturated heterocycles. The summed E-state index contributed by atoms with van der Waals surface area (Å²) in [4.78, 5) is 34.4. The van der Waals surface area contributed by atoms with Gasteiger partial charge in [0, 0.05) is 39.0 Å². The van der Waals surface area contributed by atoms with Crippen LogP contribution in [-0.4, -0.2) is 49.2 Å². The van der Waals surface area contributed by atoms with E-state index in [0.29, 0.717) is 0 Å². The number of carbonyl (C=O) groups excluding carboxylic acids is 2. The van der Waals surface area contributed by atoms with Gasteiger partial charge in [0.15, 0.2) is 0 Å². The van der Waals surface area contributed by atoms with Gasteiger partial charge >= 0.3 is 5.97 Å². The maximum atomic E-state index is 11.7. The van der Waals surface area contributed by atoms with Gasteiger partial charge in [0.05, 0.1) is 0 Å². The highest BCUT2D eigenvalue weighted by Crippen LogP contribution is 2.24. The Morgan fingerprint density at radius 1 is 1.29 bits per heavy atom. The van der Waals surface area contributed by atoms with Gasteiger partial charge in [0.1, 0.15) is 6.04 Å². The Kier molecular flexibility index (Phi) is 7.74. The zero-order chi connectivity index (χ0) is 15.7. The number of carboxylic acid groups (broad SMARTS) is 1. The Morgan fingerprint density at radius 2 is 1.95 bits per heavy atom. The number of hydrogen-bond acceptors (Lipinski definition) is 4. The molecule has 1 fully saturated rings. The van der Waals surface area contributed by atoms with E-state index in [4.69, 9.17) is 9.84 Å². The Bertz CT molecular complexity index is 366. The van der Waals surface area contributed by atoms with Crippen LogP contribution in [0, 0.1) is 5.92 Å². The fraction of sp³-hybridized carbons (Fsp3) is 0.786. The summed E-state index contributed by atoms with van der Waals surface area (Å²) in [5.41, 5.74) is 0. The van der Waals surface area contributed by atoms with Gasteiger partial charge in [-0.1, -0.05) is 12.8 Å². The summed E-state index contributed by atoms with van der Waals surface area (Å²) in [5.74, 6) is -1.41. The van der Waals surface area contributed by atoms with E-state index in [1.165, 1.54) is 7.11 Å². The Balaban J connectivity index is 2.22. The minimum Gasteiger partial charge on any atom is -0.480 e. The maximum absolute atomic E-state index is 11.7. The second kappa shape index (κ2) is 9.33. The predicted molar refractivity (Wildman–Crippen MR) is 75.6 cm³/mol. The molecule has 0 bridgehead atoms. The molecule has 1 unspecified atom stereocenters. The number of amides is 2. The minimum atomic E-state index is -1.09. The molecule has 1 aliphatic rings. The van der Waals surface area contributed by atoms with Crippen LogP contribution in [0.5, 0.6) is 0 Å². The molecule has 0 radical (unpaired) electrons. The van der Waals surface area contributed by atoms with E-state index in [1.807, 2.05) is 0 Å². The van der Waals surface area contributed by atoms with Gasteiger partial charge in [-0.25, -0.2) is 4.79 Å². The lowest BCUT2D eigenvalue weighted by Gasteiger charge is -2.14. The topological polar surface area (TPSA) is 105 Å². The first-order chi connectivity index (χ1) is 10.0. The van der Waals surface area contributed by atoms with Crippen molar-refractivity contribution in [3.05, 3.63) is 0 Å². The second-order valence-electron chi connectivity index (χ2n) is 5.26. The molecule has 120 valence electrons. The van der Waals surface area contributed by atoms with Crippen molar-refractivity contribution in [1.82, 2.24) is 10.6 Å². The average molecular weight is 300 g/mol. The van der Waals surface area contributed by atoms with Crippen LogP contribution < -0.4 is 10.6 Å². The van der Waals surface area contributed by atoms with E-state index in [1.54, 1.807) is 0 Å². The highest BCUT2D eigenvalue weighted by molar-refractivity contribution is 5.84. The summed E-state index contributed by atoms with van der Waals surface area (Å²) in [5, 5.41) is 14.1. The first-order valence-corrected chi connectivity index (χ1v) is 7.33. The van der Waals surface area contributed by atoms with Crippen LogP contribution in [0.25, 0.3) is 0 Å². The maximum Gasteiger partial charge on any atom is 0.326 e. The van der Waals surface area contributed by atoms with Crippen molar-refractivity contribution in [1.29, 1.82) is 0 Å². The van der Waals surface area contributed by atoms with Crippen molar-refractivity contribution in [2.45, 2.75) is 44.6 Å². The number of carboxylic acids is 1. The van der Waals surface area contributed by atoms with E-state index in [-0.39, 0.29) is 43.7 Å². The molecule has 1 saturated carbocycles. The Labute approximate surface area is 124 Å². The third-order valence-corrected chi connectivity index (χ3v) is 3.62. The number of ether oxygens (including phenoxy) is 1. The van der Waals surface area contributed by atoms with Gasteiger partial charge in [0.2, 0.25) is 11.8 Å². The molecule has 0 aliphatic heterocycles. The van der Waals surface area contributed by atoms with E-state index < -0.39 is 12.0 Å². The van der Waals surface area contributed by atoms with Crippen LogP contribution in [0.2, 0.25) is 0 Å². The van der Waals surface area contributed by atoms with E-state index in [2.05, 4.69) is 10.6 Å². The van der Waals surface area contributed by atoms with Crippen LogP contribution in [0.15, 0.2) is 0 Å². The van der Waals surface area contributed by atoms with Gasteiger partial charge in [0.25, 0.3) is 0 Å². The third kappa shape index (κ3) is 6.57. The molecule has 1 atom stereocenters. The largest absolute Gasteiger partial charge is 0.480 e. The Morgan fingerprint density at radius 3 is 2.52 bits per heavy atom. The highest BCUT2D eigenvalue weighted by Gasteiger charge is 2.23. The summed E-state index contributed by atoms with van der Waals surface area (Å²) in [6.07, 6.45) is 4.28. The van der Waals surface area contributed by atoms with Crippen molar-refractivity contribution >= 4 is 17.8 Å². The number of hydrogen-bond donors (Lipinski definition) is 3. The van der Waals surface area contributed by atoms with Crippen molar-refractivity contribution in [2.75, 3.05) is 20.3 Å². The molecule has 21 heavy (non-hydrogen) atoms. The number of carbonyl (C=O) groups is 3. The standard InChI is InChI=1S/C14H24N2O5/c1-21-9-7-11(14(19)20)16-12(17)6-8-15-13(18)10-4-2-3-5-10/h10-11H,2-9H2,1H3,(H,15,18)(H,16,17)(H,19,20). The fourth-order valence-electron chi connectivity index (χ4n) is 2.39.